The molecule has 6 nitrogen and oxygen atoms in total. The lowest BCUT2D eigenvalue weighted by Gasteiger charge is -2.16. The summed E-state index contributed by atoms with van der Waals surface area (Å²) in [5.74, 6) is -1.61. The lowest BCUT2D eigenvalue weighted by molar-refractivity contribution is -0.138. The Bertz CT molecular complexity index is 555. The number of aryl methyl sites for hydroxylation is 2. The number of nitrogens with one attached hydrogen (secondary N) is 1. The van der Waals surface area contributed by atoms with Crippen molar-refractivity contribution < 1.29 is 19.5 Å². The topological polar surface area (TPSA) is 86.7 Å². The smallest absolute Gasteiger partial charge is 0.305 e. The first-order chi connectivity index (χ1) is 9.81. The number of nitrogens with zero attached hydrogens (tertiary/aromatic N) is 1. The van der Waals surface area contributed by atoms with Crippen LogP contribution in [0.1, 0.15) is 27.9 Å². The van der Waals surface area contributed by atoms with Crippen molar-refractivity contribution in [1.82, 2.24) is 10.2 Å². The Balaban J connectivity index is 2.50. The minimum Gasteiger partial charge on any atom is -0.481 e. The maximum atomic E-state index is 11.9. The molecule has 0 aliphatic carbocycles. The van der Waals surface area contributed by atoms with Crippen LogP contribution in [-0.4, -0.2) is 47.9 Å². The number of carboxylic acids is 1. The fourth-order valence-corrected chi connectivity index (χ4v) is 1.66. The van der Waals surface area contributed by atoms with E-state index >= 15 is 0 Å². The van der Waals surface area contributed by atoms with Crippen molar-refractivity contribution in [3.8, 4) is 0 Å². The van der Waals surface area contributed by atoms with Gasteiger partial charge in [0.2, 0.25) is 5.91 Å². The van der Waals surface area contributed by atoms with Gasteiger partial charge in [0.25, 0.3) is 5.91 Å². The second-order valence-electron chi connectivity index (χ2n) is 4.94. The van der Waals surface area contributed by atoms with Gasteiger partial charge < -0.3 is 15.3 Å². The van der Waals surface area contributed by atoms with Crippen LogP contribution in [0.4, 0.5) is 0 Å². The van der Waals surface area contributed by atoms with Crippen LogP contribution in [0.2, 0.25) is 0 Å². The van der Waals surface area contributed by atoms with Crippen molar-refractivity contribution in [2.24, 2.45) is 0 Å². The fraction of sp³-hybridized carbons (Fsp3) is 0.400. The summed E-state index contributed by atoms with van der Waals surface area (Å²) in [7, 11) is 1.51. The van der Waals surface area contributed by atoms with Gasteiger partial charge in [-0.05, 0) is 37.1 Å². The van der Waals surface area contributed by atoms with Crippen LogP contribution in [-0.2, 0) is 9.59 Å². The number of amides is 2. The number of carboxylic acid groups (broad SMARTS) is 1. The molecule has 0 bridgehead atoms. The van der Waals surface area contributed by atoms with Gasteiger partial charge >= 0.3 is 5.97 Å². The molecule has 0 atom stereocenters. The molecule has 0 spiro atoms. The number of rotatable bonds is 6. The van der Waals surface area contributed by atoms with E-state index in [1.54, 1.807) is 12.1 Å². The van der Waals surface area contributed by atoms with Gasteiger partial charge in [-0.15, -0.1) is 0 Å². The average molecular weight is 292 g/mol. The van der Waals surface area contributed by atoms with E-state index in [1.807, 2.05) is 19.9 Å². The highest BCUT2D eigenvalue weighted by molar-refractivity contribution is 5.96. The number of carbonyl (C=O) groups is 3. The Hall–Kier alpha value is -2.37. The zero-order valence-corrected chi connectivity index (χ0v) is 12.5. The third-order valence-electron chi connectivity index (χ3n) is 3.26. The lowest BCUT2D eigenvalue weighted by atomic mass is 10.1. The summed E-state index contributed by atoms with van der Waals surface area (Å²) >= 11 is 0. The van der Waals surface area contributed by atoms with Gasteiger partial charge in [0.05, 0.1) is 13.0 Å². The predicted molar refractivity (Wildman–Crippen MR) is 78.1 cm³/mol. The standard InChI is InChI=1S/C15H20N2O4/c1-10-4-5-12(8-11(10)2)15(21)16-9-13(18)17(3)7-6-14(19)20/h4-5,8H,6-7,9H2,1-3H3,(H,16,21)(H,19,20). The average Bonchev–Trinajstić information content (AvgIpc) is 2.44. The van der Waals surface area contributed by atoms with Crippen molar-refractivity contribution in [3.63, 3.8) is 0 Å². The summed E-state index contributed by atoms with van der Waals surface area (Å²) in [6.45, 7) is 3.84. The van der Waals surface area contributed by atoms with Gasteiger partial charge in [-0.25, -0.2) is 0 Å². The molecule has 0 aliphatic heterocycles. The van der Waals surface area contributed by atoms with Gasteiger partial charge in [-0.3, -0.25) is 14.4 Å². The number of likely N-dealkylation sites (N-methyl/N-ethyl adjacent to an activating group) is 1. The number of benzene rings is 1. The van der Waals surface area contributed by atoms with Crippen LogP contribution in [0.25, 0.3) is 0 Å². The minimum atomic E-state index is -0.964. The third kappa shape index (κ3) is 5.25. The summed E-state index contributed by atoms with van der Waals surface area (Å²) in [6.07, 6.45) is -0.118. The van der Waals surface area contributed by atoms with E-state index in [-0.39, 0.29) is 31.3 Å². The van der Waals surface area contributed by atoms with Gasteiger partial charge in [0, 0.05) is 19.2 Å². The molecule has 0 saturated carbocycles. The fourth-order valence-electron chi connectivity index (χ4n) is 1.66. The summed E-state index contributed by atoms with van der Waals surface area (Å²) in [4.78, 5) is 35.4. The van der Waals surface area contributed by atoms with Crippen LogP contribution < -0.4 is 5.32 Å². The Kier molecular flexibility index (Phi) is 5.90. The SMILES string of the molecule is Cc1ccc(C(=O)NCC(=O)N(C)CCC(=O)O)cc1C. The first-order valence-electron chi connectivity index (χ1n) is 6.62. The molecule has 1 aromatic carbocycles. The maximum Gasteiger partial charge on any atom is 0.305 e. The Morgan fingerprint density at radius 1 is 1.19 bits per heavy atom. The normalized spacial score (nSPS) is 10.0. The van der Waals surface area contributed by atoms with Gasteiger partial charge in [0.1, 0.15) is 0 Å². The Morgan fingerprint density at radius 3 is 2.43 bits per heavy atom. The number of aliphatic carboxylic acids is 1. The number of hydrogen-bond donors (Lipinski definition) is 2. The lowest BCUT2D eigenvalue weighted by Crippen LogP contribution is -2.39. The Labute approximate surface area is 123 Å². The quantitative estimate of drug-likeness (QED) is 0.818. The molecule has 0 heterocycles. The van der Waals surface area contributed by atoms with Crippen molar-refractivity contribution in [2.75, 3.05) is 20.1 Å². The molecule has 0 aliphatic rings. The van der Waals surface area contributed by atoms with E-state index in [2.05, 4.69) is 5.32 Å². The van der Waals surface area contributed by atoms with Crippen LogP contribution in [0.3, 0.4) is 0 Å². The maximum absolute atomic E-state index is 11.9. The predicted octanol–water partition coefficient (Wildman–Crippen LogP) is 0.966. The molecule has 1 aromatic rings. The van der Waals surface area contributed by atoms with Crippen LogP contribution in [0.15, 0.2) is 18.2 Å². The first kappa shape index (κ1) is 16.7. The van der Waals surface area contributed by atoms with E-state index < -0.39 is 5.97 Å². The molecule has 0 unspecified atom stereocenters. The van der Waals surface area contributed by atoms with E-state index in [9.17, 15) is 14.4 Å². The zero-order chi connectivity index (χ0) is 16.0. The molecule has 0 radical (unpaired) electrons. The van der Waals surface area contributed by atoms with Gasteiger partial charge in [-0.2, -0.15) is 0 Å². The molecule has 114 valence electrons. The van der Waals surface area contributed by atoms with Gasteiger partial charge in [0.15, 0.2) is 0 Å². The van der Waals surface area contributed by atoms with E-state index in [4.69, 9.17) is 5.11 Å². The summed E-state index contributed by atoms with van der Waals surface area (Å²) in [6, 6.07) is 5.32. The zero-order valence-electron chi connectivity index (χ0n) is 12.5. The number of carbonyl (C=O) groups excluding carboxylic acids is 2. The molecule has 0 saturated heterocycles. The molecule has 2 N–H and O–H groups in total. The molecular formula is C15H20N2O4. The second kappa shape index (κ2) is 7.42. The second-order valence-corrected chi connectivity index (χ2v) is 4.94. The highest BCUT2D eigenvalue weighted by Gasteiger charge is 2.13. The van der Waals surface area contributed by atoms with Crippen LogP contribution in [0.5, 0.6) is 0 Å². The molecule has 0 fully saturated rings. The van der Waals surface area contributed by atoms with Crippen LogP contribution in [0, 0.1) is 13.8 Å². The molecule has 2 amide bonds. The largest absolute Gasteiger partial charge is 0.481 e. The molecule has 0 aromatic heterocycles. The molecular weight excluding hydrogens is 272 g/mol. The minimum absolute atomic E-state index is 0.118. The highest BCUT2D eigenvalue weighted by atomic mass is 16.4. The first-order valence-corrected chi connectivity index (χ1v) is 6.62. The molecule has 21 heavy (non-hydrogen) atoms. The molecule has 6 heteroatoms. The van der Waals surface area contributed by atoms with Crippen molar-refractivity contribution in [1.29, 1.82) is 0 Å². The summed E-state index contributed by atoms with van der Waals surface area (Å²) in [5, 5.41) is 11.1. The number of hydrogen-bond acceptors (Lipinski definition) is 3. The van der Waals surface area contributed by atoms with E-state index in [1.165, 1.54) is 11.9 Å². The summed E-state index contributed by atoms with van der Waals surface area (Å²) in [5.41, 5.74) is 2.60. The van der Waals surface area contributed by atoms with Crippen LogP contribution >= 0.6 is 0 Å². The molecule has 1 rings (SSSR count). The monoisotopic (exact) mass is 292 g/mol. The van der Waals surface area contributed by atoms with E-state index in [0.29, 0.717) is 5.56 Å². The third-order valence-corrected chi connectivity index (χ3v) is 3.26. The van der Waals surface area contributed by atoms with Crippen molar-refractivity contribution in [2.45, 2.75) is 20.3 Å². The summed E-state index contributed by atoms with van der Waals surface area (Å²) < 4.78 is 0. The van der Waals surface area contributed by atoms with Gasteiger partial charge in [-0.1, -0.05) is 6.07 Å². The van der Waals surface area contributed by atoms with Crippen molar-refractivity contribution in [3.05, 3.63) is 34.9 Å². The van der Waals surface area contributed by atoms with Crippen molar-refractivity contribution >= 4 is 17.8 Å². The van der Waals surface area contributed by atoms with E-state index in [0.717, 1.165) is 11.1 Å². The Morgan fingerprint density at radius 2 is 1.86 bits per heavy atom. The highest BCUT2D eigenvalue weighted by Crippen LogP contribution is 2.09.